The molecule has 0 aliphatic carbocycles. The summed E-state index contributed by atoms with van der Waals surface area (Å²) in [5, 5.41) is 9.22. The Kier molecular flexibility index (Phi) is 7.16. The largest absolute Gasteiger partial charge is 0.456 e. The predicted octanol–water partition coefficient (Wildman–Crippen LogP) is 13.8. The van der Waals surface area contributed by atoms with Gasteiger partial charge in [0.25, 0.3) is 0 Å². The summed E-state index contributed by atoms with van der Waals surface area (Å²) in [6.45, 7) is 0. The number of aromatic nitrogens is 4. The first-order valence-corrected chi connectivity index (χ1v) is 19.5. The van der Waals surface area contributed by atoms with Crippen molar-refractivity contribution >= 4 is 65.3 Å². The molecule has 0 spiro atoms. The van der Waals surface area contributed by atoms with E-state index in [9.17, 15) is 0 Å². The number of rotatable bonds is 5. The van der Waals surface area contributed by atoms with Gasteiger partial charge in [-0.1, -0.05) is 152 Å². The van der Waals surface area contributed by atoms with E-state index in [0.29, 0.717) is 17.5 Å². The fraction of sp³-hybridized carbons (Fsp3) is 0. The van der Waals surface area contributed by atoms with Gasteiger partial charge in [0.1, 0.15) is 11.2 Å². The third-order valence-electron chi connectivity index (χ3n) is 11.4. The zero-order chi connectivity index (χ0) is 38.2. The monoisotopic (exact) mass is 740 g/mol. The molecule has 3 aromatic heterocycles. The molecule has 3 heterocycles. The van der Waals surface area contributed by atoms with E-state index in [1.54, 1.807) is 0 Å². The number of hydrogen-bond donors (Lipinski definition) is 0. The Balaban J connectivity index is 1.04. The van der Waals surface area contributed by atoms with Gasteiger partial charge in [-0.05, 0) is 69.1 Å². The Morgan fingerprint density at radius 3 is 1.86 bits per heavy atom. The lowest BCUT2D eigenvalue weighted by atomic mass is 10.0. The lowest BCUT2D eigenvalue weighted by Gasteiger charge is -2.11. The molecule has 5 nitrogen and oxygen atoms in total. The van der Waals surface area contributed by atoms with E-state index in [1.807, 2.05) is 18.2 Å². The summed E-state index contributed by atoms with van der Waals surface area (Å²) in [5.41, 5.74) is 9.95. The van der Waals surface area contributed by atoms with Crippen molar-refractivity contribution in [3.63, 3.8) is 0 Å². The van der Waals surface area contributed by atoms with Crippen molar-refractivity contribution in [2.45, 2.75) is 0 Å². The second-order valence-electron chi connectivity index (χ2n) is 14.8. The summed E-state index contributed by atoms with van der Waals surface area (Å²) in [4.78, 5) is 15.5. The average molecular weight is 741 g/mol. The van der Waals surface area contributed by atoms with Gasteiger partial charge in [-0.25, -0.2) is 15.0 Å². The van der Waals surface area contributed by atoms with Gasteiger partial charge >= 0.3 is 0 Å². The summed E-state index contributed by atoms with van der Waals surface area (Å²) < 4.78 is 9.05. The van der Waals surface area contributed by atoms with Crippen LogP contribution in [0.4, 0.5) is 0 Å². The first-order chi connectivity index (χ1) is 28.7. The molecule has 0 bridgehead atoms. The molecule has 0 aliphatic rings. The summed E-state index contributed by atoms with van der Waals surface area (Å²) in [6.07, 6.45) is 0. The van der Waals surface area contributed by atoms with Crippen molar-refractivity contribution in [1.29, 1.82) is 0 Å². The van der Waals surface area contributed by atoms with E-state index in [2.05, 4.69) is 180 Å². The molecule has 12 rings (SSSR count). The summed E-state index contributed by atoms with van der Waals surface area (Å²) in [7, 11) is 0. The van der Waals surface area contributed by atoms with Gasteiger partial charge in [-0.2, -0.15) is 0 Å². The van der Waals surface area contributed by atoms with Crippen molar-refractivity contribution in [2.75, 3.05) is 0 Å². The maximum atomic E-state index is 6.70. The lowest BCUT2D eigenvalue weighted by Crippen LogP contribution is -2.00. The van der Waals surface area contributed by atoms with Gasteiger partial charge in [-0.15, -0.1) is 0 Å². The van der Waals surface area contributed by atoms with Crippen LogP contribution in [0.15, 0.2) is 199 Å². The minimum atomic E-state index is 0.590. The van der Waals surface area contributed by atoms with Crippen LogP contribution in [-0.4, -0.2) is 19.5 Å². The van der Waals surface area contributed by atoms with E-state index in [4.69, 9.17) is 19.4 Å². The number of nitrogens with zero attached hydrogens (tertiary/aromatic N) is 4. The molecule has 0 amide bonds. The molecule has 0 N–H and O–H groups in total. The van der Waals surface area contributed by atoms with Crippen molar-refractivity contribution < 1.29 is 4.42 Å². The fourth-order valence-corrected chi connectivity index (χ4v) is 8.68. The molecule has 0 fully saturated rings. The molecular weight excluding hydrogens is 709 g/mol. The van der Waals surface area contributed by atoms with E-state index in [-0.39, 0.29) is 0 Å². The number of hydrogen-bond acceptors (Lipinski definition) is 4. The third kappa shape index (κ3) is 5.14. The normalized spacial score (nSPS) is 11.8. The zero-order valence-corrected chi connectivity index (χ0v) is 31.2. The second kappa shape index (κ2) is 12.8. The predicted molar refractivity (Wildman–Crippen MR) is 238 cm³/mol. The summed E-state index contributed by atoms with van der Waals surface area (Å²) in [6, 6.07) is 68.0. The molecule has 0 aliphatic heterocycles. The molecule has 5 heteroatoms. The quantitative estimate of drug-likeness (QED) is 0.176. The van der Waals surface area contributed by atoms with Crippen LogP contribution in [-0.2, 0) is 0 Å². The van der Waals surface area contributed by atoms with Crippen LogP contribution in [0.1, 0.15) is 0 Å². The second-order valence-corrected chi connectivity index (χ2v) is 14.8. The molecule has 58 heavy (non-hydrogen) atoms. The lowest BCUT2D eigenvalue weighted by molar-refractivity contribution is 0.668. The zero-order valence-electron chi connectivity index (χ0n) is 31.2. The standard InChI is InChI=1S/C53H32N4O/c1-2-11-33(12-3-1)35-21-24-37(25-22-35)51-54-52(39-26-23-34-13-4-5-15-38(34)31-39)56-53(55-51)44-18-10-20-47-50(44)43-29-28-40(32-48(43)58-47)57-45-19-9-8-17-42(45)49-41-16-7-6-14-36(41)27-30-46(49)57/h1-32H. The van der Waals surface area contributed by atoms with Gasteiger partial charge in [0.05, 0.1) is 11.0 Å². The van der Waals surface area contributed by atoms with Crippen molar-refractivity contribution in [2.24, 2.45) is 0 Å². The number of benzene rings is 9. The number of fused-ring (bicyclic) bond motifs is 9. The van der Waals surface area contributed by atoms with Crippen LogP contribution < -0.4 is 0 Å². The van der Waals surface area contributed by atoms with E-state index >= 15 is 0 Å². The minimum absolute atomic E-state index is 0.590. The van der Waals surface area contributed by atoms with Crippen LogP contribution in [0.2, 0.25) is 0 Å². The highest BCUT2D eigenvalue weighted by molar-refractivity contribution is 6.21. The van der Waals surface area contributed by atoms with Gasteiger partial charge < -0.3 is 8.98 Å². The van der Waals surface area contributed by atoms with Gasteiger partial charge in [0, 0.05) is 50.0 Å². The Morgan fingerprint density at radius 2 is 1.00 bits per heavy atom. The molecule has 0 radical (unpaired) electrons. The highest BCUT2D eigenvalue weighted by Gasteiger charge is 2.20. The van der Waals surface area contributed by atoms with Crippen LogP contribution in [0.3, 0.4) is 0 Å². The number of para-hydroxylation sites is 1. The van der Waals surface area contributed by atoms with Crippen LogP contribution in [0.25, 0.3) is 116 Å². The van der Waals surface area contributed by atoms with Gasteiger partial charge in [0.2, 0.25) is 0 Å². The minimum Gasteiger partial charge on any atom is -0.456 e. The summed E-state index contributed by atoms with van der Waals surface area (Å²) >= 11 is 0. The van der Waals surface area contributed by atoms with E-state index in [1.165, 1.54) is 26.9 Å². The van der Waals surface area contributed by atoms with Gasteiger partial charge in [0.15, 0.2) is 17.5 Å². The van der Waals surface area contributed by atoms with Crippen molar-refractivity contribution in [3.8, 4) is 51.0 Å². The summed E-state index contributed by atoms with van der Waals surface area (Å²) in [5.74, 6) is 1.81. The Hall–Kier alpha value is -7.89. The molecule has 12 aromatic rings. The third-order valence-corrected chi connectivity index (χ3v) is 11.4. The van der Waals surface area contributed by atoms with Crippen LogP contribution >= 0.6 is 0 Å². The highest BCUT2D eigenvalue weighted by atomic mass is 16.3. The molecule has 0 saturated heterocycles. The molecular formula is C53H32N4O. The first-order valence-electron chi connectivity index (χ1n) is 19.5. The number of furan rings is 1. The molecule has 270 valence electrons. The van der Waals surface area contributed by atoms with Gasteiger partial charge in [-0.3, -0.25) is 0 Å². The molecule has 0 atom stereocenters. The molecule has 9 aromatic carbocycles. The Labute approximate surface area is 333 Å². The smallest absolute Gasteiger partial charge is 0.164 e. The highest BCUT2D eigenvalue weighted by Crippen LogP contribution is 2.41. The SMILES string of the molecule is c1ccc(-c2ccc(-c3nc(-c4ccc5ccccc5c4)nc(-c4cccc5oc6cc(-n7c8ccccc8c8c9ccccc9ccc87)ccc6c45)n3)cc2)cc1. The molecule has 0 unspecified atom stereocenters. The maximum absolute atomic E-state index is 6.70. The Morgan fingerprint density at radius 1 is 0.345 bits per heavy atom. The van der Waals surface area contributed by atoms with Crippen LogP contribution in [0.5, 0.6) is 0 Å². The van der Waals surface area contributed by atoms with Crippen molar-refractivity contribution in [3.05, 3.63) is 194 Å². The maximum Gasteiger partial charge on any atom is 0.164 e. The topological polar surface area (TPSA) is 56.7 Å². The van der Waals surface area contributed by atoms with E-state index < -0.39 is 0 Å². The Bertz CT molecular complexity index is 3560. The van der Waals surface area contributed by atoms with Crippen molar-refractivity contribution in [1.82, 2.24) is 19.5 Å². The van der Waals surface area contributed by atoms with Crippen LogP contribution in [0, 0.1) is 0 Å². The average Bonchev–Trinajstić information content (AvgIpc) is 3.85. The van der Waals surface area contributed by atoms with E-state index in [0.717, 1.165) is 71.9 Å². The molecule has 0 saturated carbocycles. The fourth-order valence-electron chi connectivity index (χ4n) is 8.68. The first kappa shape index (κ1) is 32.4.